The van der Waals surface area contributed by atoms with Gasteiger partial charge < -0.3 is 5.32 Å². The van der Waals surface area contributed by atoms with E-state index in [1.165, 1.54) is 30.0 Å². The number of nitrogens with one attached hydrogen (secondary N) is 1. The molecule has 0 aliphatic carbocycles. The van der Waals surface area contributed by atoms with Crippen molar-refractivity contribution in [1.82, 2.24) is 10.3 Å². The molecule has 3 heteroatoms. The van der Waals surface area contributed by atoms with E-state index in [9.17, 15) is 0 Å². The van der Waals surface area contributed by atoms with Crippen molar-refractivity contribution >= 4 is 11.3 Å². The van der Waals surface area contributed by atoms with E-state index in [-0.39, 0.29) is 0 Å². The van der Waals surface area contributed by atoms with Crippen LogP contribution in [0.2, 0.25) is 0 Å². The van der Waals surface area contributed by atoms with Gasteiger partial charge in [-0.2, -0.15) is 0 Å². The first kappa shape index (κ1) is 13.7. The van der Waals surface area contributed by atoms with Crippen molar-refractivity contribution < 1.29 is 0 Å². The molecular weight excluding hydrogens is 216 g/mol. The molecule has 2 nitrogen and oxygen atoms in total. The number of nitrogens with zero attached hydrogens (tertiary/aromatic N) is 1. The summed E-state index contributed by atoms with van der Waals surface area (Å²) in [6, 6.07) is 0.601. The van der Waals surface area contributed by atoms with Crippen LogP contribution >= 0.6 is 11.3 Å². The van der Waals surface area contributed by atoms with E-state index < -0.39 is 0 Å². The molecule has 0 saturated heterocycles. The third-order valence-electron chi connectivity index (χ3n) is 2.69. The molecule has 1 aromatic heterocycles. The SMILES string of the molecule is CCCCC(C)NCc1csc(C(C)C)n1. The van der Waals surface area contributed by atoms with Crippen molar-refractivity contribution in [2.24, 2.45) is 0 Å². The molecule has 16 heavy (non-hydrogen) atoms. The molecule has 92 valence electrons. The Morgan fingerprint density at radius 3 is 2.69 bits per heavy atom. The number of rotatable bonds is 7. The van der Waals surface area contributed by atoms with Crippen LogP contribution in [0.25, 0.3) is 0 Å². The Kier molecular flexibility index (Phi) is 5.99. The summed E-state index contributed by atoms with van der Waals surface area (Å²) in [5, 5.41) is 6.95. The van der Waals surface area contributed by atoms with Gasteiger partial charge in [0.1, 0.15) is 0 Å². The van der Waals surface area contributed by atoms with E-state index in [2.05, 4.69) is 43.4 Å². The van der Waals surface area contributed by atoms with Crippen molar-refractivity contribution in [3.63, 3.8) is 0 Å². The topological polar surface area (TPSA) is 24.9 Å². The third kappa shape index (κ3) is 4.62. The van der Waals surface area contributed by atoms with Gasteiger partial charge in [-0.05, 0) is 13.3 Å². The monoisotopic (exact) mass is 240 g/mol. The lowest BCUT2D eigenvalue weighted by atomic mass is 10.1. The van der Waals surface area contributed by atoms with Gasteiger partial charge in [0.25, 0.3) is 0 Å². The summed E-state index contributed by atoms with van der Waals surface area (Å²) in [6.45, 7) is 9.79. The summed E-state index contributed by atoms with van der Waals surface area (Å²) in [7, 11) is 0. The molecule has 1 N–H and O–H groups in total. The van der Waals surface area contributed by atoms with E-state index in [0.717, 1.165) is 6.54 Å². The van der Waals surface area contributed by atoms with Gasteiger partial charge in [0.05, 0.1) is 10.7 Å². The van der Waals surface area contributed by atoms with Gasteiger partial charge in [-0.15, -0.1) is 11.3 Å². The third-order valence-corrected chi connectivity index (χ3v) is 3.88. The van der Waals surface area contributed by atoms with Gasteiger partial charge in [0.15, 0.2) is 0 Å². The molecule has 0 bridgehead atoms. The zero-order valence-corrected chi connectivity index (χ0v) is 11.7. The number of hydrogen-bond acceptors (Lipinski definition) is 3. The molecule has 0 aromatic carbocycles. The summed E-state index contributed by atoms with van der Waals surface area (Å²) in [4.78, 5) is 4.62. The molecule has 0 aliphatic heterocycles. The summed E-state index contributed by atoms with van der Waals surface area (Å²) in [6.07, 6.45) is 3.85. The van der Waals surface area contributed by atoms with E-state index in [4.69, 9.17) is 0 Å². The van der Waals surface area contributed by atoms with Crippen LogP contribution < -0.4 is 5.32 Å². The largest absolute Gasteiger partial charge is 0.309 e. The minimum Gasteiger partial charge on any atom is -0.309 e. The Labute approximate surface area is 103 Å². The predicted octanol–water partition coefficient (Wildman–Crippen LogP) is 3.93. The standard InChI is InChI=1S/C13H24N2S/c1-5-6-7-11(4)14-8-12-9-16-13(15-12)10(2)3/h9-11,14H,5-8H2,1-4H3. The maximum Gasteiger partial charge on any atom is 0.0954 e. The zero-order chi connectivity index (χ0) is 12.0. The fourth-order valence-corrected chi connectivity index (χ4v) is 2.40. The molecule has 1 heterocycles. The highest BCUT2D eigenvalue weighted by Gasteiger charge is 2.06. The first-order valence-electron chi connectivity index (χ1n) is 6.31. The van der Waals surface area contributed by atoms with Crippen LogP contribution in [0.5, 0.6) is 0 Å². The highest BCUT2D eigenvalue weighted by Crippen LogP contribution is 2.19. The first-order chi connectivity index (χ1) is 7.63. The summed E-state index contributed by atoms with van der Waals surface area (Å²) in [5.74, 6) is 0.552. The van der Waals surface area contributed by atoms with Crippen LogP contribution in [0.1, 0.15) is 63.6 Å². The van der Waals surface area contributed by atoms with Crippen LogP contribution in [0.4, 0.5) is 0 Å². The quantitative estimate of drug-likeness (QED) is 0.781. The van der Waals surface area contributed by atoms with Crippen LogP contribution in [0, 0.1) is 0 Å². The Hall–Kier alpha value is -0.410. The maximum atomic E-state index is 4.62. The zero-order valence-electron chi connectivity index (χ0n) is 10.9. The summed E-state index contributed by atoms with van der Waals surface area (Å²) in [5.41, 5.74) is 1.19. The Bertz CT molecular complexity index is 294. The number of unbranched alkanes of at least 4 members (excludes halogenated alkanes) is 1. The smallest absolute Gasteiger partial charge is 0.0954 e. The van der Waals surface area contributed by atoms with Crippen molar-refractivity contribution in [3.05, 3.63) is 16.1 Å². The second-order valence-electron chi connectivity index (χ2n) is 4.76. The summed E-state index contributed by atoms with van der Waals surface area (Å²) < 4.78 is 0. The molecule has 0 radical (unpaired) electrons. The van der Waals surface area contributed by atoms with Gasteiger partial charge in [0.2, 0.25) is 0 Å². The second-order valence-corrected chi connectivity index (χ2v) is 5.65. The van der Waals surface area contributed by atoms with E-state index in [0.29, 0.717) is 12.0 Å². The molecule has 1 atom stereocenters. The van der Waals surface area contributed by atoms with Gasteiger partial charge in [-0.25, -0.2) is 4.98 Å². The van der Waals surface area contributed by atoms with Gasteiger partial charge in [-0.1, -0.05) is 33.6 Å². The number of thiazole rings is 1. The fourth-order valence-electron chi connectivity index (χ4n) is 1.56. The number of hydrogen-bond donors (Lipinski definition) is 1. The Balaban J connectivity index is 2.31. The lowest BCUT2D eigenvalue weighted by Gasteiger charge is -2.11. The van der Waals surface area contributed by atoms with Gasteiger partial charge in [0, 0.05) is 23.9 Å². The Morgan fingerprint density at radius 2 is 2.12 bits per heavy atom. The normalized spacial score (nSPS) is 13.3. The average Bonchev–Trinajstić information content (AvgIpc) is 2.72. The lowest BCUT2D eigenvalue weighted by Crippen LogP contribution is -2.25. The van der Waals surface area contributed by atoms with Crippen molar-refractivity contribution in [1.29, 1.82) is 0 Å². The van der Waals surface area contributed by atoms with Crippen LogP contribution in [-0.4, -0.2) is 11.0 Å². The fraction of sp³-hybridized carbons (Fsp3) is 0.769. The number of aromatic nitrogens is 1. The van der Waals surface area contributed by atoms with E-state index in [1.807, 2.05) is 0 Å². The molecular formula is C13H24N2S. The predicted molar refractivity (Wildman–Crippen MR) is 72.0 cm³/mol. The van der Waals surface area contributed by atoms with Crippen molar-refractivity contribution in [2.45, 2.75) is 65.5 Å². The lowest BCUT2D eigenvalue weighted by molar-refractivity contribution is 0.491. The second kappa shape index (κ2) is 7.02. The molecule has 1 rings (SSSR count). The van der Waals surface area contributed by atoms with Crippen molar-refractivity contribution in [3.8, 4) is 0 Å². The first-order valence-corrected chi connectivity index (χ1v) is 7.19. The Morgan fingerprint density at radius 1 is 1.38 bits per heavy atom. The average molecular weight is 240 g/mol. The van der Waals surface area contributed by atoms with Gasteiger partial charge >= 0.3 is 0 Å². The van der Waals surface area contributed by atoms with E-state index in [1.54, 1.807) is 11.3 Å². The molecule has 0 aliphatic rings. The molecule has 0 spiro atoms. The molecule has 0 saturated carbocycles. The minimum absolute atomic E-state index is 0.552. The molecule has 0 fully saturated rings. The van der Waals surface area contributed by atoms with Crippen molar-refractivity contribution in [2.75, 3.05) is 0 Å². The molecule has 1 unspecified atom stereocenters. The highest BCUT2D eigenvalue weighted by molar-refractivity contribution is 7.09. The van der Waals surface area contributed by atoms with Gasteiger partial charge in [-0.3, -0.25) is 0 Å². The van der Waals surface area contributed by atoms with Crippen LogP contribution in [-0.2, 0) is 6.54 Å². The van der Waals surface area contributed by atoms with Crippen LogP contribution in [0.15, 0.2) is 5.38 Å². The molecule has 0 amide bonds. The van der Waals surface area contributed by atoms with Crippen LogP contribution in [0.3, 0.4) is 0 Å². The minimum atomic E-state index is 0.552. The van der Waals surface area contributed by atoms with E-state index >= 15 is 0 Å². The molecule has 1 aromatic rings. The maximum absolute atomic E-state index is 4.62. The summed E-state index contributed by atoms with van der Waals surface area (Å²) >= 11 is 1.78. The highest BCUT2D eigenvalue weighted by atomic mass is 32.1.